The Morgan fingerprint density at radius 2 is 1.87 bits per heavy atom. The number of carbonyl (C=O) groups is 2. The fourth-order valence-corrected chi connectivity index (χ4v) is 4.22. The van der Waals surface area contributed by atoms with Crippen molar-refractivity contribution in [2.45, 2.75) is 32.9 Å². The average Bonchev–Trinajstić information content (AvgIpc) is 3.17. The number of hydrogen-bond acceptors (Lipinski definition) is 6. The third kappa shape index (κ3) is 4.71. The van der Waals surface area contributed by atoms with E-state index in [0.717, 1.165) is 39.1 Å². The van der Waals surface area contributed by atoms with Crippen LogP contribution in [0.1, 0.15) is 23.8 Å². The fraction of sp³-hybridized carbons (Fsp3) is 0.500. The Balaban J connectivity index is 1.24. The number of hydrogen-bond donors (Lipinski definition) is 1. The van der Waals surface area contributed by atoms with Crippen molar-refractivity contribution in [3.05, 3.63) is 47.2 Å². The van der Waals surface area contributed by atoms with Crippen LogP contribution in [0, 0.1) is 6.92 Å². The molecule has 1 aromatic heterocycles. The van der Waals surface area contributed by atoms with Crippen molar-refractivity contribution in [2.24, 2.45) is 0 Å². The van der Waals surface area contributed by atoms with Crippen molar-refractivity contribution in [3.8, 4) is 0 Å². The molecule has 0 bridgehead atoms. The molecular formula is C22H29N5O3. The molecule has 0 saturated carbocycles. The van der Waals surface area contributed by atoms with Gasteiger partial charge in [0.2, 0.25) is 11.8 Å². The van der Waals surface area contributed by atoms with Crippen LogP contribution in [0.4, 0.5) is 5.82 Å². The summed E-state index contributed by atoms with van der Waals surface area (Å²) in [6.07, 6.45) is 0.919. The number of amides is 2. The van der Waals surface area contributed by atoms with Gasteiger partial charge in [-0.15, -0.1) is 0 Å². The molecule has 2 aliphatic heterocycles. The number of carbonyl (C=O) groups excluding carboxylic acids is 2. The molecule has 2 amide bonds. The Morgan fingerprint density at radius 1 is 1.13 bits per heavy atom. The molecule has 1 unspecified atom stereocenters. The van der Waals surface area contributed by atoms with Gasteiger partial charge in [0, 0.05) is 45.3 Å². The number of aryl methyl sites for hydroxylation is 1. The molecule has 1 aromatic carbocycles. The van der Waals surface area contributed by atoms with E-state index in [2.05, 4.69) is 38.5 Å². The summed E-state index contributed by atoms with van der Waals surface area (Å²) in [6, 6.07) is 9.91. The van der Waals surface area contributed by atoms with Gasteiger partial charge in [0.15, 0.2) is 5.82 Å². The molecule has 160 valence electrons. The van der Waals surface area contributed by atoms with Gasteiger partial charge in [0.25, 0.3) is 0 Å². The molecule has 2 aliphatic rings. The highest BCUT2D eigenvalue weighted by Crippen LogP contribution is 2.20. The molecule has 0 radical (unpaired) electrons. The van der Waals surface area contributed by atoms with E-state index in [4.69, 9.17) is 4.52 Å². The van der Waals surface area contributed by atoms with Crippen molar-refractivity contribution >= 4 is 17.6 Å². The van der Waals surface area contributed by atoms with Crippen LogP contribution in [0.15, 0.2) is 34.9 Å². The van der Waals surface area contributed by atoms with E-state index in [1.807, 2.05) is 17.9 Å². The lowest BCUT2D eigenvalue weighted by Crippen LogP contribution is -2.55. The van der Waals surface area contributed by atoms with E-state index in [0.29, 0.717) is 24.7 Å². The molecule has 2 aromatic rings. The molecule has 0 spiro atoms. The second kappa shape index (κ2) is 8.97. The lowest BCUT2D eigenvalue weighted by atomic mass is 9.99. The van der Waals surface area contributed by atoms with Gasteiger partial charge < -0.3 is 14.7 Å². The van der Waals surface area contributed by atoms with Crippen molar-refractivity contribution in [1.82, 2.24) is 19.9 Å². The lowest BCUT2D eigenvalue weighted by Gasteiger charge is -2.39. The van der Waals surface area contributed by atoms with E-state index in [1.54, 1.807) is 13.0 Å². The number of piperazine rings is 1. The highest BCUT2D eigenvalue weighted by atomic mass is 16.5. The molecule has 4 rings (SSSR count). The molecule has 1 atom stereocenters. The van der Waals surface area contributed by atoms with Crippen molar-refractivity contribution in [2.75, 3.05) is 44.6 Å². The van der Waals surface area contributed by atoms with Crippen LogP contribution in [0.3, 0.4) is 0 Å². The van der Waals surface area contributed by atoms with Gasteiger partial charge in [0.1, 0.15) is 5.76 Å². The minimum Gasteiger partial charge on any atom is -0.360 e. The van der Waals surface area contributed by atoms with E-state index in [1.165, 1.54) is 11.1 Å². The first-order chi connectivity index (χ1) is 14.5. The van der Waals surface area contributed by atoms with Gasteiger partial charge in [-0.1, -0.05) is 29.4 Å². The topological polar surface area (TPSA) is 81.9 Å². The van der Waals surface area contributed by atoms with E-state index in [-0.39, 0.29) is 17.9 Å². The predicted molar refractivity (Wildman–Crippen MR) is 113 cm³/mol. The predicted octanol–water partition coefficient (Wildman–Crippen LogP) is 1.51. The van der Waals surface area contributed by atoms with Crippen LogP contribution in [-0.2, 0) is 22.6 Å². The summed E-state index contributed by atoms with van der Waals surface area (Å²) in [5, 5.41) is 6.54. The van der Waals surface area contributed by atoms with Crippen molar-refractivity contribution in [1.29, 1.82) is 0 Å². The number of rotatable bonds is 5. The summed E-state index contributed by atoms with van der Waals surface area (Å²) in [5.41, 5.74) is 2.60. The Hall–Kier alpha value is -2.71. The van der Waals surface area contributed by atoms with Crippen LogP contribution in [0.25, 0.3) is 0 Å². The van der Waals surface area contributed by atoms with Crippen LogP contribution in [0.2, 0.25) is 0 Å². The van der Waals surface area contributed by atoms with Gasteiger partial charge in [-0.25, -0.2) is 0 Å². The second-order valence-electron chi connectivity index (χ2n) is 8.14. The Labute approximate surface area is 176 Å². The zero-order valence-electron chi connectivity index (χ0n) is 17.6. The number of anilines is 1. The number of nitrogens with one attached hydrogen (secondary N) is 1. The third-order valence-electron chi connectivity index (χ3n) is 6.02. The number of benzene rings is 1. The Bertz CT molecular complexity index is 904. The highest BCUT2D eigenvalue weighted by molar-refractivity contribution is 5.91. The summed E-state index contributed by atoms with van der Waals surface area (Å²) >= 11 is 0. The summed E-state index contributed by atoms with van der Waals surface area (Å²) in [4.78, 5) is 31.6. The van der Waals surface area contributed by atoms with Gasteiger partial charge in [0.05, 0.1) is 12.6 Å². The average molecular weight is 412 g/mol. The quantitative estimate of drug-likeness (QED) is 0.803. The van der Waals surface area contributed by atoms with Gasteiger partial charge in [-0.05, 0) is 31.4 Å². The monoisotopic (exact) mass is 411 g/mol. The summed E-state index contributed by atoms with van der Waals surface area (Å²) in [7, 11) is 0. The van der Waals surface area contributed by atoms with Crippen LogP contribution in [-0.4, -0.2) is 77.0 Å². The zero-order valence-corrected chi connectivity index (χ0v) is 17.6. The first-order valence-corrected chi connectivity index (χ1v) is 10.5. The molecule has 1 fully saturated rings. The molecule has 3 heterocycles. The molecule has 1 N–H and O–H groups in total. The van der Waals surface area contributed by atoms with E-state index >= 15 is 0 Å². The number of aromatic nitrogens is 1. The molecule has 0 aliphatic carbocycles. The minimum atomic E-state index is -0.149. The lowest BCUT2D eigenvalue weighted by molar-refractivity contribution is -0.138. The third-order valence-corrected chi connectivity index (χ3v) is 6.02. The van der Waals surface area contributed by atoms with Crippen LogP contribution in [0.5, 0.6) is 0 Å². The maximum absolute atomic E-state index is 13.1. The zero-order chi connectivity index (χ0) is 21.1. The van der Waals surface area contributed by atoms with E-state index < -0.39 is 0 Å². The minimum absolute atomic E-state index is 0.104. The van der Waals surface area contributed by atoms with Crippen molar-refractivity contribution < 1.29 is 14.1 Å². The fourth-order valence-electron chi connectivity index (χ4n) is 4.22. The second-order valence-corrected chi connectivity index (χ2v) is 8.14. The maximum Gasteiger partial charge on any atom is 0.239 e. The maximum atomic E-state index is 13.1. The smallest absolute Gasteiger partial charge is 0.239 e. The number of fused-ring (bicyclic) bond motifs is 1. The van der Waals surface area contributed by atoms with Crippen molar-refractivity contribution in [3.63, 3.8) is 0 Å². The molecular weight excluding hydrogens is 382 g/mol. The molecule has 8 nitrogen and oxygen atoms in total. The molecule has 8 heteroatoms. The first-order valence-electron chi connectivity index (χ1n) is 10.5. The van der Waals surface area contributed by atoms with E-state index in [9.17, 15) is 9.59 Å². The molecule has 1 saturated heterocycles. The van der Waals surface area contributed by atoms with Gasteiger partial charge >= 0.3 is 0 Å². The first kappa shape index (κ1) is 20.6. The summed E-state index contributed by atoms with van der Waals surface area (Å²) < 4.78 is 4.97. The molecule has 30 heavy (non-hydrogen) atoms. The summed E-state index contributed by atoms with van der Waals surface area (Å²) in [5.74, 6) is 1.19. The summed E-state index contributed by atoms with van der Waals surface area (Å²) in [6.45, 7) is 8.62. The Kier molecular flexibility index (Phi) is 6.15. The van der Waals surface area contributed by atoms with Gasteiger partial charge in [-0.3, -0.25) is 19.4 Å². The number of nitrogens with zero attached hydrogens (tertiary/aromatic N) is 4. The largest absolute Gasteiger partial charge is 0.360 e. The normalized spacial score (nSPS) is 18.7. The Morgan fingerprint density at radius 3 is 2.57 bits per heavy atom. The SMILES string of the molecule is Cc1cc(NC(=O)CN2CCN(C(C)C(=O)N3CCc4ccccc4C3)CC2)no1. The van der Waals surface area contributed by atoms with Crippen LogP contribution >= 0.6 is 0 Å². The van der Waals surface area contributed by atoms with Gasteiger partial charge in [-0.2, -0.15) is 0 Å². The standard InChI is InChI=1S/C22H29N5O3/c1-16-13-20(24-30-16)23-21(28)15-25-9-11-26(12-10-25)17(2)22(29)27-8-7-18-5-3-4-6-19(18)14-27/h3-6,13,17H,7-12,14-15H2,1-2H3,(H,23,24,28). The highest BCUT2D eigenvalue weighted by Gasteiger charge is 2.30. The van der Waals surface area contributed by atoms with Crippen LogP contribution < -0.4 is 5.32 Å².